The van der Waals surface area contributed by atoms with E-state index in [1.54, 1.807) is 7.11 Å². The standard InChI is InChI=1S/C59H75N9O3/c1-6-23-64(2)38-40-12-18-53-51(34-40)59(68-24-19-42(20-25-68)46-9-7-8-10-54(46)69-4)63-57(61-53)49-37-48(49)45-15-16-47(55(36-45)70-5)43-21-26-67(27-22-43)58-50-35-41(11-17-52(50)60-56(62-58)44-13-14-44)39-65(3)28-29-66-30-32-71-33-31-66/h7-12,15-18,34-36,42-44,48-49H,6,13-14,19-33,37-39H2,1-5H3. The van der Waals surface area contributed by atoms with Gasteiger partial charge in [0.1, 0.15) is 34.8 Å². The molecule has 5 aliphatic rings. The fourth-order valence-corrected chi connectivity index (χ4v) is 12.0. The highest BCUT2D eigenvalue weighted by Gasteiger charge is 2.43. The van der Waals surface area contributed by atoms with Crippen molar-refractivity contribution in [1.82, 2.24) is 34.6 Å². The number of nitrogens with zero attached hydrogens (tertiary/aromatic N) is 9. The molecule has 2 unspecified atom stereocenters. The summed E-state index contributed by atoms with van der Waals surface area (Å²) in [5.74, 6) is 8.23. The normalized spacial score (nSPS) is 20.4. The number of hydrogen-bond acceptors (Lipinski definition) is 12. The minimum atomic E-state index is 0.276. The largest absolute Gasteiger partial charge is 0.496 e. The highest BCUT2D eigenvalue weighted by Crippen LogP contribution is 2.55. The van der Waals surface area contributed by atoms with Gasteiger partial charge in [-0.1, -0.05) is 49.4 Å². The van der Waals surface area contributed by atoms with Gasteiger partial charge in [-0.3, -0.25) is 4.90 Å². The summed E-state index contributed by atoms with van der Waals surface area (Å²) < 4.78 is 17.6. The Balaban J connectivity index is 0.787. The molecule has 3 saturated heterocycles. The molecule has 2 aromatic heterocycles. The van der Waals surface area contributed by atoms with Crippen LogP contribution in [0, 0.1) is 0 Å². The third-order valence-electron chi connectivity index (χ3n) is 16.3. The molecule has 6 aromatic rings. The average Bonchev–Trinajstić information content (AvgIpc) is 4.36. The zero-order valence-corrected chi connectivity index (χ0v) is 43.0. The minimum absolute atomic E-state index is 0.276. The highest BCUT2D eigenvalue weighted by atomic mass is 16.5. The van der Waals surface area contributed by atoms with E-state index in [1.165, 1.54) is 51.4 Å². The summed E-state index contributed by atoms with van der Waals surface area (Å²) in [6.07, 6.45) is 8.79. The van der Waals surface area contributed by atoms with Crippen LogP contribution in [0.4, 0.5) is 11.6 Å². The second-order valence-corrected chi connectivity index (χ2v) is 21.4. The number of hydrogen-bond donors (Lipinski definition) is 0. The Morgan fingerprint density at radius 3 is 1.76 bits per heavy atom. The maximum atomic E-state index is 6.24. The molecule has 0 radical (unpaired) electrons. The molecule has 374 valence electrons. The molecular weight excluding hydrogens is 883 g/mol. The highest BCUT2D eigenvalue weighted by molar-refractivity contribution is 5.91. The number of anilines is 2. The van der Waals surface area contributed by atoms with Crippen molar-refractivity contribution in [2.45, 2.75) is 101 Å². The fourth-order valence-electron chi connectivity index (χ4n) is 12.0. The van der Waals surface area contributed by atoms with Crippen molar-refractivity contribution in [3.8, 4) is 11.5 Å². The van der Waals surface area contributed by atoms with Crippen molar-refractivity contribution < 1.29 is 14.2 Å². The van der Waals surface area contributed by atoms with Crippen molar-refractivity contribution in [2.75, 3.05) is 110 Å². The van der Waals surface area contributed by atoms with E-state index in [2.05, 4.69) is 124 Å². The molecule has 2 atom stereocenters. The van der Waals surface area contributed by atoms with Crippen molar-refractivity contribution in [2.24, 2.45) is 0 Å². The lowest BCUT2D eigenvalue weighted by Gasteiger charge is -2.34. The smallest absolute Gasteiger partial charge is 0.140 e. The minimum Gasteiger partial charge on any atom is -0.496 e. The Morgan fingerprint density at radius 2 is 1.15 bits per heavy atom. The Kier molecular flexibility index (Phi) is 14.4. The summed E-state index contributed by atoms with van der Waals surface area (Å²) in [7, 11) is 8.08. The number of morpholine rings is 1. The first-order chi connectivity index (χ1) is 34.8. The number of methoxy groups -OCH3 is 2. The molecular formula is C59H75N9O3. The molecule has 5 heterocycles. The van der Waals surface area contributed by atoms with E-state index < -0.39 is 0 Å². The van der Waals surface area contributed by atoms with Gasteiger partial charge in [0.05, 0.1) is 38.5 Å². The molecule has 0 amide bonds. The first kappa shape index (κ1) is 47.9. The van der Waals surface area contributed by atoms with Crippen molar-refractivity contribution in [3.63, 3.8) is 0 Å². The number of para-hydroxylation sites is 1. The number of aromatic nitrogens is 4. The van der Waals surface area contributed by atoms with Crippen LogP contribution in [0.1, 0.15) is 127 Å². The monoisotopic (exact) mass is 958 g/mol. The van der Waals surface area contributed by atoms with E-state index in [1.807, 2.05) is 7.11 Å². The lowest BCUT2D eigenvalue weighted by atomic mass is 9.87. The third kappa shape index (κ3) is 10.7. The van der Waals surface area contributed by atoms with Crippen molar-refractivity contribution in [3.05, 3.63) is 118 Å². The number of fused-ring (bicyclic) bond motifs is 2. The number of piperidine rings is 2. The van der Waals surface area contributed by atoms with Gasteiger partial charge in [-0.2, -0.15) is 0 Å². The Labute approximate surface area is 421 Å². The summed E-state index contributed by atoms with van der Waals surface area (Å²) >= 11 is 0. The van der Waals surface area contributed by atoms with Gasteiger partial charge in [0.25, 0.3) is 0 Å². The van der Waals surface area contributed by atoms with Crippen LogP contribution in [0.3, 0.4) is 0 Å². The van der Waals surface area contributed by atoms with Gasteiger partial charge in [0.15, 0.2) is 0 Å². The zero-order valence-electron chi connectivity index (χ0n) is 43.0. The van der Waals surface area contributed by atoms with E-state index in [0.717, 1.165) is 170 Å². The van der Waals surface area contributed by atoms with E-state index in [4.69, 9.17) is 34.1 Å². The quantitative estimate of drug-likeness (QED) is 0.0821. The van der Waals surface area contributed by atoms with Crippen LogP contribution >= 0.6 is 0 Å². The first-order valence-electron chi connectivity index (χ1n) is 26.9. The predicted molar refractivity (Wildman–Crippen MR) is 286 cm³/mol. The molecule has 2 aliphatic carbocycles. The van der Waals surface area contributed by atoms with Crippen LogP contribution in [0.25, 0.3) is 21.8 Å². The molecule has 4 aromatic carbocycles. The SMILES string of the molecule is CCCN(C)Cc1ccc2nc(C3CC3c3ccc(C4CCN(c5nc(C6CC6)nc6ccc(CN(C)CCN7CCOCC7)cc56)CC4)c(OC)c3)nc(N3CCC(c4ccccc4OC)CC3)c2c1. The third-order valence-corrected chi connectivity index (χ3v) is 16.3. The second kappa shape index (κ2) is 21.4. The Bertz CT molecular complexity index is 2800. The summed E-state index contributed by atoms with van der Waals surface area (Å²) in [5.41, 5.74) is 8.72. The first-order valence-corrected chi connectivity index (χ1v) is 26.9. The number of likely N-dealkylation sites (N-methyl/N-ethyl adjacent to an activating group) is 1. The van der Waals surface area contributed by atoms with Gasteiger partial charge < -0.3 is 33.8 Å². The topological polar surface area (TPSA) is 95.5 Å². The van der Waals surface area contributed by atoms with Crippen molar-refractivity contribution in [1.29, 1.82) is 0 Å². The van der Waals surface area contributed by atoms with Crippen LogP contribution in [-0.4, -0.2) is 135 Å². The molecule has 12 nitrogen and oxygen atoms in total. The van der Waals surface area contributed by atoms with Gasteiger partial charge in [-0.25, -0.2) is 19.9 Å². The fraction of sp³-hybridized carbons (Fsp3) is 0.525. The maximum Gasteiger partial charge on any atom is 0.140 e. The molecule has 2 saturated carbocycles. The molecule has 71 heavy (non-hydrogen) atoms. The second-order valence-electron chi connectivity index (χ2n) is 21.4. The van der Waals surface area contributed by atoms with Crippen LogP contribution in [0.15, 0.2) is 78.9 Å². The Morgan fingerprint density at radius 1 is 0.577 bits per heavy atom. The van der Waals surface area contributed by atoms with Crippen LogP contribution in [-0.2, 0) is 17.8 Å². The molecule has 3 aliphatic heterocycles. The maximum absolute atomic E-state index is 6.24. The van der Waals surface area contributed by atoms with E-state index in [-0.39, 0.29) is 5.92 Å². The number of rotatable bonds is 18. The molecule has 12 heteroatoms. The van der Waals surface area contributed by atoms with Gasteiger partial charge in [-0.05, 0) is 154 Å². The summed E-state index contributed by atoms with van der Waals surface area (Å²) in [4.78, 5) is 33.7. The van der Waals surface area contributed by atoms with Gasteiger partial charge in [-0.15, -0.1) is 0 Å². The molecule has 0 N–H and O–H groups in total. The summed E-state index contributed by atoms with van der Waals surface area (Å²) in [6.45, 7) is 14.8. The van der Waals surface area contributed by atoms with Gasteiger partial charge >= 0.3 is 0 Å². The molecule has 11 rings (SSSR count). The Hall–Kier alpha value is -5.40. The summed E-state index contributed by atoms with van der Waals surface area (Å²) in [6, 6.07) is 29.4. The zero-order chi connectivity index (χ0) is 48.4. The summed E-state index contributed by atoms with van der Waals surface area (Å²) in [5, 5.41) is 2.35. The molecule has 5 fully saturated rings. The molecule has 0 bridgehead atoms. The van der Waals surface area contributed by atoms with Crippen LogP contribution < -0.4 is 19.3 Å². The van der Waals surface area contributed by atoms with E-state index >= 15 is 0 Å². The van der Waals surface area contributed by atoms with Crippen molar-refractivity contribution >= 4 is 33.4 Å². The van der Waals surface area contributed by atoms with Gasteiger partial charge in [0.2, 0.25) is 0 Å². The number of benzene rings is 4. The van der Waals surface area contributed by atoms with E-state index in [9.17, 15) is 0 Å². The van der Waals surface area contributed by atoms with Crippen LogP contribution in [0.2, 0.25) is 0 Å². The van der Waals surface area contributed by atoms with E-state index in [0.29, 0.717) is 23.7 Å². The molecule has 0 spiro atoms. The predicted octanol–water partition coefficient (Wildman–Crippen LogP) is 10.1. The lowest BCUT2D eigenvalue weighted by Crippen LogP contribution is -2.40. The lowest BCUT2D eigenvalue weighted by molar-refractivity contribution is 0.0342. The average molecular weight is 958 g/mol. The number of ether oxygens (including phenoxy) is 3. The van der Waals surface area contributed by atoms with Crippen LogP contribution in [0.5, 0.6) is 11.5 Å². The van der Waals surface area contributed by atoms with Gasteiger partial charge in [0, 0.05) is 88.1 Å².